The van der Waals surface area contributed by atoms with E-state index in [-0.39, 0.29) is 11.4 Å². The predicted octanol–water partition coefficient (Wildman–Crippen LogP) is 0.817. The maximum absolute atomic E-state index is 12.1. The number of carbonyl (C=O) groups excluding carboxylic acids is 1. The van der Waals surface area contributed by atoms with Crippen molar-refractivity contribution in [3.05, 3.63) is 18.1 Å². The average Bonchev–Trinajstić information content (AvgIpc) is 2.39. The van der Waals surface area contributed by atoms with E-state index in [9.17, 15) is 4.79 Å². The van der Waals surface area contributed by atoms with E-state index in [1.807, 2.05) is 6.92 Å². The Balaban J connectivity index is 2.06. The molecule has 0 spiro atoms. The van der Waals surface area contributed by atoms with Gasteiger partial charge in [-0.3, -0.25) is 9.78 Å². The van der Waals surface area contributed by atoms with Gasteiger partial charge in [-0.25, -0.2) is 4.98 Å². The summed E-state index contributed by atoms with van der Waals surface area (Å²) >= 11 is 0. The van der Waals surface area contributed by atoms with Gasteiger partial charge >= 0.3 is 0 Å². The second-order valence-corrected chi connectivity index (χ2v) is 4.71. The number of nitrogens with one attached hydrogen (secondary N) is 2. The first-order valence-corrected chi connectivity index (χ1v) is 6.03. The Morgan fingerprint density at radius 1 is 1.50 bits per heavy atom. The highest BCUT2D eigenvalue weighted by molar-refractivity contribution is 5.92. The quantitative estimate of drug-likeness (QED) is 0.830. The molecule has 1 aliphatic rings. The van der Waals surface area contributed by atoms with Crippen LogP contribution in [-0.4, -0.2) is 41.7 Å². The lowest BCUT2D eigenvalue weighted by atomic mass is 9.95. The summed E-state index contributed by atoms with van der Waals surface area (Å²) in [6.07, 6.45) is 4.91. The van der Waals surface area contributed by atoms with Crippen LogP contribution in [0.1, 0.15) is 30.3 Å². The minimum atomic E-state index is -0.313. The van der Waals surface area contributed by atoms with E-state index in [0.29, 0.717) is 18.1 Å². The van der Waals surface area contributed by atoms with Gasteiger partial charge in [0.05, 0.1) is 24.5 Å². The molecule has 0 radical (unpaired) electrons. The normalized spacial score (nSPS) is 23.4. The van der Waals surface area contributed by atoms with Crippen LogP contribution in [0.5, 0.6) is 0 Å². The van der Waals surface area contributed by atoms with Gasteiger partial charge in [-0.1, -0.05) is 0 Å². The number of rotatable bonds is 3. The van der Waals surface area contributed by atoms with E-state index < -0.39 is 0 Å². The third kappa shape index (κ3) is 2.95. The molecule has 1 saturated heterocycles. The lowest BCUT2D eigenvalue weighted by Crippen LogP contribution is -2.51. The molecule has 1 unspecified atom stereocenters. The van der Waals surface area contributed by atoms with E-state index >= 15 is 0 Å². The van der Waals surface area contributed by atoms with E-state index in [2.05, 4.69) is 20.6 Å². The molecular weight excluding hydrogens is 232 g/mol. The zero-order chi connectivity index (χ0) is 13.0. The first kappa shape index (κ1) is 12.8. The number of carbonyl (C=O) groups is 1. The van der Waals surface area contributed by atoms with Gasteiger partial charge in [0.2, 0.25) is 0 Å². The van der Waals surface area contributed by atoms with Crippen molar-refractivity contribution < 1.29 is 9.53 Å². The smallest absolute Gasteiger partial charge is 0.272 e. The van der Waals surface area contributed by atoms with E-state index in [4.69, 9.17) is 4.74 Å². The van der Waals surface area contributed by atoms with Crippen LogP contribution in [0.15, 0.2) is 12.4 Å². The van der Waals surface area contributed by atoms with Gasteiger partial charge in [0.1, 0.15) is 11.5 Å². The molecule has 6 heteroatoms. The highest BCUT2D eigenvalue weighted by Crippen LogP contribution is 2.18. The molecule has 0 aromatic carbocycles. The highest BCUT2D eigenvalue weighted by Gasteiger charge is 2.30. The molecule has 6 nitrogen and oxygen atoms in total. The number of hydrogen-bond acceptors (Lipinski definition) is 5. The Bertz CT molecular complexity index is 430. The summed E-state index contributed by atoms with van der Waals surface area (Å²) in [5.74, 6) is 0.361. The molecule has 1 aliphatic heterocycles. The van der Waals surface area contributed by atoms with Crippen LogP contribution in [0, 0.1) is 0 Å². The number of anilines is 1. The molecule has 18 heavy (non-hydrogen) atoms. The minimum Gasteiger partial charge on any atom is -0.379 e. The summed E-state index contributed by atoms with van der Waals surface area (Å²) in [5, 5.41) is 5.83. The van der Waals surface area contributed by atoms with Gasteiger partial charge in [0.25, 0.3) is 5.91 Å². The van der Waals surface area contributed by atoms with Gasteiger partial charge in [0, 0.05) is 13.7 Å². The fourth-order valence-corrected chi connectivity index (χ4v) is 1.97. The van der Waals surface area contributed by atoms with Crippen LogP contribution in [0.25, 0.3) is 0 Å². The number of amides is 1. The van der Waals surface area contributed by atoms with Crippen molar-refractivity contribution in [1.82, 2.24) is 15.3 Å². The highest BCUT2D eigenvalue weighted by atomic mass is 16.5. The topological polar surface area (TPSA) is 76.1 Å². The van der Waals surface area contributed by atoms with E-state index in [0.717, 1.165) is 19.4 Å². The van der Waals surface area contributed by atoms with E-state index in [1.165, 1.54) is 6.20 Å². The fourth-order valence-electron chi connectivity index (χ4n) is 1.97. The Labute approximate surface area is 106 Å². The lowest BCUT2D eigenvalue weighted by Gasteiger charge is -2.34. The summed E-state index contributed by atoms with van der Waals surface area (Å²) in [5.41, 5.74) is 0.000727. The first-order chi connectivity index (χ1) is 8.63. The minimum absolute atomic E-state index is 0.215. The molecule has 0 saturated carbocycles. The van der Waals surface area contributed by atoms with Crippen LogP contribution in [0.4, 0.5) is 5.82 Å². The number of aromatic nitrogens is 2. The molecular formula is C12H18N4O2. The maximum atomic E-state index is 12.1. The van der Waals surface area contributed by atoms with Crippen LogP contribution in [-0.2, 0) is 4.74 Å². The third-order valence-electron chi connectivity index (χ3n) is 2.98. The summed E-state index contributed by atoms with van der Waals surface area (Å²) < 4.78 is 5.40. The fraction of sp³-hybridized carbons (Fsp3) is 0.583. The van der Waals surface area contributed by atoms with Gasteiger partial charge in [-0.15, -0.1) is 0 Å². The molecule has 2 heterocycles. The van der Waals surface area contributed by atoms with Crippen LogP contribution < -0.4 is 10.6 Å². The third-order valence-corrected chi connectivity index (χ3v) is 2.98. The molecule has 0 aliphatic carbocycles. The van der Waals surface area contributed by atoms with Crippen LogP contribution >= 0.6 is 0 Å². The van der Waals surface area contributed by atoms with Crippen molar-refractivity contribution in [3.63, 3.8) is 0 Å². The van der Waals surface area contributed by atoms with Crippen molar-refractivity contribution in [1.29, 1.82) is 0 Å². The number of ether oxygens (including phenoxy) is 1. The Hall–Kier alpha value is -1.69. The molecule has 98 valence electrons. The standard InChI is InChI=1S/C12H18N4O2/c1-12(4-3-5-18-8-12)16-11(17)9-6-14-7-10(13-2)15-9/h6-7H,3-5,8H2,1-2H3,(H,13,15)(H,16,17). The Kier molecular flexibility index (Phi) is 3.76. The lowest BCUT2D eigenvalue weighted by molar-refractivity contribution is 0.0271. The second-order valence-electron chi connectivity index (χ2n) is 4.71. The van der Waals surface area contributed by atoms with Gasteiger partial charge in [0.15, 0.2) is 0 Å². The largest absolute Gasteiger partial charge is 0.379 e. The Morgan fingerprint density at radius 2 is 2.33 bits per heavy atom. The van der Waals surface area contributed by atoms with Crippen LogP contribution in [0.3, 0.4) is 0 Å². The predicted molar refractivity (Wildman–Crippen MR) is 67.5 cm³/mol. The van der Waals surface area contributed by atoms with Crippen molar-refractivity contribution in [2.75, 3.05) is 25.6 Å². The van der Waals surface area contributed by atoms with E-state index in [1.54, 1.807) is 13.2 Å². The van der Waals surface area contributed by atoms with Crippen molar-refractivity contribution in [2.45, 2.75) is 25.3 Å². The number of nitrogens with zero attached hydrogens (tertiary/aromatic N) is 2. The van der Waals surface area contributed by atoms with Crippen LogP contribution in [0.2, 0.25) is 0 Å². The summed E-state index contributed by atoms with van der Waals surface area (Å²) in [6.45, 7) is 3.29. The van der Waals surface area contributed by atoms with Crippen molar-refractivity contribution >= 4 is 11.7 Å². The zero-order valence-corrected chi connectivity index (χ0v) is 10.7. The molecule has 1 aromatic heterocycles. The van der Waals surface area contributed by atoms with Gasteiger partial charge in [-0.05, 0) is 19.8 Å². The summed E-state index contributed by atoms with van der Waals surface area (Å²) in [7, 11) is 1.74. The van der Waals surface area contributed by atoms with Crippen molar-refractivity contribution in [2.24, 2.45) is 0 Å². The average molecular weight is 250 g/mol. The van der Waals surface area contributed by atoms with Gasteiger partial charge < -0.3 is 15.4 Å². The zero-order valence-electron chi connectivity index (χ0n) is 10.7. The SMILES string of the molecule is CNc1cncc(C(=O)NC2(C)CCCOC2)n1. The monoisotopic (exact) mass is 250 g/mol. The molecule has 0 bridgehead atoms. The Morgan fingerprint density at radius 3 is 3.00 bits per heavy atom. The first-order valence-electron chi connectivity index (χ1n) is 6.03. The second kappa shape index (κ2) is 5.30. The van der Waals surface area contributed by atoms with Crippen molar-refractivity contribution in [3.8, 4) is 0 Å². The summed E-state index contributed by atoms with van der Waals surface area (Å²) in [4.78, 5) is 20.2. The molecule has 1 atom stereocenters. The molecule has 2 N–H and O–H groups in total. The molecule has 1 aromatic rings. The molecule has 1 fully saturated rings. The number of hydrogen-bond donors (Lipinski definition) is 2. The summed E-state index contributed by atoms with van der Waals surface area (Å²) in [6, 6.07) is 0. The molecule has 2 rings (SSSR count). The van der Waals surface area contributed by atoms with Gasteiger partial charge in [-0.2, -0.15) is 0 Å². The maximum Gasteiger partial charge on any atom is 0.272 e. The molecule has 1 amide bonds.